The van der Waals surface area contributed by atoms with Crippen molar-refractivity contribution in [3.8, 4) is 5.75 Å². The Labute approximate surface area is 134 Å². The fourth-order valence-corrected chi connectivity index (χ4v) is 3.21. The molecule has 1 N–H and O–H groups in total. The molecule has 0 spiro atoms. The monoisotopic (exact) mass is 345 g/mol. The second-order valence-electron chi connectivity index (χ2n) is 5.60. The van der Waals surface area contributed by atoms with E-state index >= 15 is 0 Å². The summed E-state index contributed by atoms with van der Waals surface area (Å²) < 4.78 is 6.98. The lowest BCUT2D eigenvalue weighted by atomic mass is 10.1. The average molecular weight is 346 g/mol. The highest BCUT2D eigenvalue weighted by Gasteiger charge is 2.15. The molecule has 2 aromatic carbocycles. The molecule has 0 unspecified atom stereocenters. The van der Waals surface area contributed by atoms with Crippen LogP contribution in [0, 0.1) is 5.92 Å². The molecule has 2 nitrogen and oxygen atoms in total. The second-order valence-corrected chi connectivity index (χ2v) is 6.45. The Morgan fingerprint density at radius 1 is 1.10 bits per heavy atom. The van der Waals surface area contributed by atoms with Gasteiger partial charge in [-0.3, -0.25) is 0 Å². The summed E-state index contributed by atoms with van der Waals surface area (Å²) in [6, 6.07) is 16.9. The molecule has 0 amide bonds. The maximum atomic E-state index is 5.94. The number of hydrogen-bond acceptors (Lipinski definition) is 2. The Bertz CT molecular complexity index is 579. The van der Waals surface area contributed by atoms with Gasteiger partial charge in [0.25, 0.3) is 0 Å². The molecule has 1 fully saturated rings. The Morgan fingerprint density at radius 2 is 1.95 bits per heavy atom. The van der Waals surface area contributed by atoms with Gasteiger partial charge >= 0.3 is 0 Å². The molecule has 2 aromatic rings. The Morgan fingerprint density at radius 3 is 2.67 bits per heavy atom. The molecule has 1 aliphatic rings. The standard InChI is InChI=1S/C18H20BrNO/c19-17-11-15(10-14-4-2-1-3-5-14)6-7-18(17)21-13-16-8-9-20-12-16/h1-7,11,16,20H,8-10,12-13H2/t16-/m1/s1. The molecule has 1 saturated heterocycles. The lowest BCUT2D eigenvalue weighted by Gasteiger charge is -2.13. The fraction of sp³-hybridized carbons (Fsp3) is 0.333. The molecule has 3 rings (SSSR count). The van der Waals surface area contributed by atoms with Gasteiger partial charge in [0.15, 0.2) is 0 Å². The van der Waals surface area contributed by atoms with Crippen LogP contribution in [0.4, 0.5) is 0 Å². The number of nitrogens with one attached hydrogen (secondary N) is 1. The maximum Gasteiger partial charge on any atom is 0.133 e. The molecule has 0 saturated carbocycles. The normalized spacial score (nSPS) is 17.9. The van der Waals surface area contributed by atoms with E-state index < -0.39 is 0 Å². The third-order valence-electron chi connectivity index (χ3n) is 3.88. The zero-order chi connectivity index (χ0) is 14.5. The van der Waals surface area contributed by atoms with Crippen molar-refractivity contribution in [1.29, 1.82) is 0 Å². The molecule has 0 aliphatic carbocycles. The van der Waals surface area contributed by atoms with Crippen molar-refractivity contribution < 1.29 is 4.74 Å². The molecule has 1 atom stereocenters. The van der Waals surface area contributed by atoms with Gasteiger partial charge in [0.05, 0.1) is 11.1 Å². The number of halogens is 1. The first-order chi connectivity index (χ1) is 10.3. The van der Waals surface area contributed by atoms with E-state index in [0.29, 0.717) is 5.92 Å². The van der Waals surface area contributed by atoms with E-state index in [9.17, 15) is 0 Å². The minimum absolute atomic E-state index is 0.640. The summed E-state index contributed by atoms with van der Waals surface area (Å²) in [5.41, 5.74) is 2.62. The average Bonchev–Trinajstić information content (AvgIpc) is 3.01. The van der Waals surface area contributed by atoms with Crippen LogP contribution >= 0.6 is 15.9 Å². The summed E-state index contributed by atoms with van der Waals surface area (Å²) in [6.07, 6.45) is 2.16. The van der Waals surface area contributed by atoms with Crippen LogP contribution < -0.4 is 10.1 Å². The minimum atomic E-state index is 0.640. The van der Waals surface area contributed by atoms with Gasteiger partial charge in [-0.2, -0.15) is 0 Å². The Balaban J connectivity index is 1.62. The molecule has 3 heteroatoms. The summed E-state index contributed by atoms with van der Waals surface area (Å²) in [6.45, 7) is 2.98. The predicted molar refractivity (Wildman–Crippen MR) is 89.9 cm³/mol. The second kappa shape index (κ2) is 7.10. The molecular formula is C18H20BrNO. The van der Waals surface area contributed by atoms with E-state index in [1.54, 1.807) is 0 Å². The minimum Gasteiger partial charge on any atom is -0.492 e. The van der Waals surface area contributed by atoms with Crippen molar-refractivity contribution in [2.45, 2.75) is 12.8 Å². The SMILES string of the molecule is Brc1cc(Cc2ccccc2)ccc1OC[C@@H]1CCNC1. The van der Waals surface area contributed by atoms with Crippen molar-refractivity contribution in [1.82, 2.24) is 5.32 Å². The smallest absolute Gasteiger partial charge is 0.133 e. The lowest BCUT2D eigenvalue weighted by molar-refractivity contribution is 0.258. The fourth-order valence-electron chi connectivity index (χ4n) is 2.67. The van der Waals surface area contributed by atoms with Crippen LogP contribution in [0.1, 0.15) is 17.5 Å². The van der Waals surface area contributed by atoms with Gasteiger partial charge in [-0.1, -0.05) is 36.4 Å². The quantitative estimate of drug-likeness (QED) is 0.883. The van der Waals surface area contributed by atoms with Gasteiger partial charge in [0, 0.05) is 12.5 Å². The largest absolute Gasteiger partial charge is 0.492 e. The molecule has 0 aromatic heterocycles. The van der Waals surface area contributed by atoms with Crippen LogP contribution in [-0.4, -0.2) is 19.7 Å². The van der Waals surface area contributed by atoms with Gasteiger partial charge in [0.1, 0.15) is 5.75 Å². The highest BCUT2D eigenvalue weighted by molar-refractivity contribution is 9.10. The van der Waals surface area contributed by atoms with Crippen LogP contribution in [0.25, 0.3) is 0 Å². The molecule has 1 heterocycles. The van der Waals surface area contributed by atoms with Crippen LogP contribution in [0.15, 0.2) is 53.0 Å². The summed E-state index contributed by atoms with van der Waals surface area (Å²) in [4.78, 5) is 0. The van der Waals surface area contributed by atoms with Gasteiger partial charge < -0.3 is 10.1 Å². The van der Waals surface area contributed by atoms with Crippen LogP contribution in [0.2, 0.25) is 0 Å². The predicted octanol–water partition coefficient (Wildman–Crippen LogP) is 4.03. The lowest BCUT2D eigenvalue weighted by Crippen LogP contribution is -2.15. The van der Waals surface area contributed by atoms with Crippen LogP contribution in [0.3, 0.4) is 0 Å². The van der Waals surface area contributed by atoms with Crippen molar-refractivity contribution in [2.75, 3.05) is 19.7 Å². The Hall–Kier alpha value is -1.32. The summed E-state index contributed by atoms with van der Waals surface area (Å²) >= 11 is 3.63. The van der Waals surface area contributed by atoms with Gasteiger partial charge in [-0.25, -0.2) is 0 Å². The van der Waals surface area contributed by atoms with Crippen molar-refractivity contribution in [3.05, 3.63) is 64.1 Å². The van der Waals surface area contributed by atoms with Gasteiger partial charge in [-0.15, -0.1) is 0 Å². The molecule has 0 radical (unpaired) electrons. The van der Waals surface area contributed by atoms with E-state index in [4.69, 9.17) is 4.74 Å². The first-order valence-electron chi connectivity index (χ1n) is 7.47. The van der Waals surface area contributed by atoms with E-state index in [0.717, 1.165) is 36.3 Å². The molecule has 1 aliphatic heterocycles. The van der Waals surface area contributed by atoms with Crippen LogP contribution in [0.5, 0.6) is 5.75 Å². The summed E-state index contributed by atoms with van der Waals surface area (Å²) in [5.74, 6) is 1.58. The highest BCUT2D eigenvalue weighted by atomic mass is 79.9. The first-order valence-corrected chi connectivity index (χ1v) is 8.26. The third kappa shape index (κ3) is 4.08. The van der Waals surface area contributed by atoms with Crippen LogP contribution in [-0.2, 0) is 6.42 Å². The third-order valence-corrected chi connectivity index (χ3v) is 4.50. The number of ether oxygens (including phenoxy) is 1. The van der Waals surface area contributed by atoms with E-state index in [1.165, 1.54) is 17.5 Å². The molecule has 110 valence electrons. The summed E-state index contributed by atoms with van der Waals surface area (Å²) in [5, 5.41) is 3.37. The zero-order valence-electron chi connectivity index (χ0n) is 12.0. The van der Waals surface area contributed by atoms with Gasteiger partial charge in [0.2, 0.25) is 0 Å². The summed E-state index contributed by atoms with van der Waals surface area (Å²) in [7, 11) is 0. The number of benzene rings is 2. The highest BCUT2D eigenvalue weighted by Crippen LogP contribution is 2.27. The maximum absolute atomic E-state index is 5.94. The van der Waals surface area contributed by atoms with E-state index in [1.807, 2.05) is 6.07 Å². The molecular weight excluding hydrogens is 326 g/mol. The first kappa shape index (κ1) is 14.6. The van der Waals surface area contributed by atoms with E-state index in [2.05, 4.69) is 63.7 Å². The van der Waals surface area contributed by atoms with Crippen molar-refractivity contribution >= 4 is 15.9 Å². The molecule has 21 heavy (non-hydrogen) atoms. The topological polar surface area (TPSA) is 21.3 Å². The van der Waals surface area contributed by atoms with Crippen molar-refractivity contribution in [3.63, 3.8) is 0 Å². The Kier molecular flexibility index (Phi) is 4.94. The zero-order valence-corrected chi connectivity index (χ0v) is 13.6. The number of hydrogen-bond donors (Lipinski definition) is 1. The number of rotatable bonds is 5. The van der Waals surface area contributed by atoms with E-state index in [-0.39, 0.29) is 0 Å². The van der Waals surface area contributed by atoms with Crippen molar-refractivity contribution in [2.24, 2.45) is 5.92 Å². The van der Waals surface area contributed by atoms with Gasteiger partial charge in [-0.05, 0) is 58.6 Å². The molecule has 0 bridgehead atoms.